The zero-order chi connectivity index (χ0) is 11.7. The lowest BCUT2D eigenvalue weighted by molar-refractivity contribution is 0.112. The van der Waals surface area contributed by atoms with Crippen LogP contribution < -0.4 is 4.90 Å². The molecule has 1 aromatic carbocycles. The monoisotopic (exact) mass is 226 g/mol. The van der Waals surface area contributed by atoms with Crippen molar-refractivity contribution in [3.8, 4) is 0 Å². The Morgan fingerprint density at radius 1 is 1.18 bits per heavy atom. The number of carbonyl (C=O) groups excluding carboxylic acids is 1. The summed E-state index contributed by atoms with van der Waals surface area (Å²) in [4.78, 5) is 17.5. The molecule has 1 fully saturated rings. The first-order chi connectivity index (χ1) is 8.38. The molecule has 0 atom stereocenters. The van der Waals surface area contributed by atoms with Crippen LogP contribution in [0, 0.1) is 0 Å². The van der Waals surface area contributed by atoms with Crippen LogP contribution in [-0.4, -0.2) is 24.4 Å². The van der Waals surface area contributed by atoms with Crippen LogP contribution in [0.5, 0.6) is 0 Å². The second-order valence-corrected chi connectivity index (χ2v) is 4.42. The highest BCUT2D eigenvalue weighted by atomic mass is 16.1. The van der Waals surface area contributed by atoms with Gasteiger partial charge in [-0.1, -0.05) is 12.1 Å². The number of hydrogen-bond acceptors (Lipinski definition) is 3. The molecule has 0 aliphatic carbocycles. The molecule has 3 rings (SSSR count). The highest BCUT2D eigenvalue weighted by molar-refractivity contribution is 5.94. The van der Waals surface area contributed by atoms with Crippen LogP contribution >= 0.6 is 0 Å². The lowest BCUT2D eigenvalue weighted by Gasteiger charge is -2.19. The number of rotatable bonds is 2. The summed E-state index contributed by atoms with van der Waals surface area (Å²) in [6.45, 7) is 2.24. The molecule has 3 heteroatoms. The molecular weight excluding hydrogens is 212 g/mol. The first-order valence-electron chi connectivity index (χ1n) is 5.97. The van der Waals surface area contributed by atoms with Gasteiger partial charge in [0.05, 0.1) is 5.52 Å². The first-order valence-corrected chi connectivity index (χ1v) is 5.97. The van der Waals surface area contributed by atoms with Crippen molar-refractivity contribution < 1.29 is 4.79 Å². The van der Waals surface area contributed by atoms with E-state index in [1.165, 1.54) is 18.5 Å². The van der Waals surface area contributed by atoms with Crippen molar-refractivity contribution in [2.75, 3.05) is 18.0 Å². The maximum absolute atomic E-state index is 10.8. The summed E-state index contributed by atoms with van der Waals surface area (Å²) < 4.78 is 0. The van der Waals surface area contributed by atoms with Crippen LogP contribution in [0.1, 0.15) is 23.2 Å². The Kier molecular flexibility index (Phi) is 2.52. The summed E-state index contributed by atoms with van der Waals surface area (Å²) >= 11 is 0. The number of carbonyl (C=O) groups is 1. The Morgan fingerprint density at radius 3 is 2.76 bits per heavy atom. The predicted octanol–water partition coefficient (Wildman–Crippen LogP) is 2.65. The summed E-state index contributed by atoms with van der Waals surface area (Å²) in [5.41, 5.74) is 2.83. The van der Waals surface area contributed by atoms with Gasteiger partial charge in [0.1, 0.15) is 6.29 Å². The molecule has 1 aromatic heterocycles. The third-order valence-corrected chi connectivity index (χ3v) is 3.33. The van der Waals surface area contributed by atoms with E-state index in [1.807, 2.05) is 24.4 Å². The molecule has 86 valence electrons. The number of pyridine rings is 1. The van der Waals surface area contributed by atoms with Gasteiger partial charge in [-0.15, -0.1) is 0 Å². The van der Waals surface area contributed by atoms with Crippen molar-refractivity contribution in [2.24, 2.45) is 0 Å². The summed E-state index contributed by atoms with van der Waals surface area (Å²) in [6, 6.07) is 7.77. The number of benzene rings is 1. The summed E-state index contributed by atoms with van der Waals surface area (Å²) in [7, 11) is 0. The molecule has 1 saturated heterocycles. The van der Waals surface area contributed by atoms with Crippen LogP contribution in [0.4, 0.5) is 5.69 Å². The fraction of sp³-hybridized carbons (Fsp3) is 0.286. The van der Waals surface area contributed by atoms with Crippen molar-refractivity contribution in [3.05, 3.63) is 36.0 Å². The van der Waals surface area contributed by atoms with Gasteiger partial charge >= 0.3 is 0 Å². The van der Waals surface area contributed by atoms with E-state index < -0.39 is 0 Å². The topological polar surface area (TPSA) is 33.2 Å². The van der Waals surface area contributed by atoms with Gasteiger partial charge in [-0.3, -0.25) is 9.78 Å². The molecule has 17 heavy (non-hydrogen) atoms. The number of aldehydes is 1. The molecule has 0 amide bonds. The van der Waals surface area contributed by atoms with E-state index in [1.54, 1.807) is 0 Å². The Morgan fingerprint density at radius 2 is 2.00 bits per heavy atom. The predicted molar refractivity (Wildman–Crippen MR) is 68.6 cm³/mol. The summed E-state index contributed by atoms with van der Waals surface area (Å²) in [5, 5.41) is 1.14. The molecule has 0 N–H and O–H groups in total. The van der Waals surface area contributed by atoms with E-state index in [-0.39, 0.29) is 0 Å². The lowest BCUT2D eigenvalue weighted by atomic mass is 10.1. The zero-order valence-electron chi connectivity index (χ0n) is 9.60. The van der Waals surface area contributed by atoms with Gasteiger partial charge in [0.25, 0.3) is 0 Å². The van der Waals surface area contributed by atoms with Crippen molar-refractivity contribution in [1.29, 1.82) is 0 Å². The fourth-order valence-corrected chi connectivity index (χ4v) is 2.46. The standard InChI is InChI=1S/C14H14N2O/c17-10-11-3-4-12-13(9-11)15-6-5-14(12)16-7-1-2-8-16/h3-6,9-10H,1-2,7-8H2. The van der Waals surface area contributed by atoms with Gasteiger partial charge in [-0.05, 0) is 25.0 Å². The van der Waals surface area contributed by atoms with E-state index in [0.717, 1.165) is 30.3 Å². The van der Waals surface area contributed by atoms with Crippen LogP contribution in [0.25, 0.3) is 10.9 Å². The lowest BCUT2D eigenvalue weighted by Crippen LogP contribution is -2.17. The van der Waals surface area contributed by atoms with Gasteiger partial charge < -0.3 is 4.90 Å². The SMILES string of the molecule is O=Cc1ccc2c(N3CCCC3)ccnc2c1. The van der Waals surface area contributed by atoms with Crippen LogP contribution in [0.3, 0.4) is 0 Å². The second-order valence-electron chi connectivity index (χ2n) is 4.42. The van der Waals surface area contributed by atoms with Crippen molar-refractivity contribution >= 4 is 22.9 Å². The second kappa shape index (κ2) is 4.17. The molecule has 2 aromatic rings. The largest absolute Gasteiger partial charge is 0.371 e. The van der Waals surface area contributed by atoms with Crippen molar-refractivity contribution in [3.63, 3.8) is 0 Å². The molecular formula is C14H14N2O. The summed E-state index contributed by atoms with van der Waals surface area (Å²) in [5.74, 6) is 0. The number of nitrogens with zero attached hydrogens (tertiary/aromatic N) is 2. The average Bonchev–Trinajstić information content (AvgIpc) is 2.91. The molecule has 1 aliphatic heterocycles. The number of hydrogen-bond donors (Lipinski definition) is 0. The van der Waals surface area contributed by atoms with Crippen LogP contribution in [-0.2, 0) is 0 Å². The smallest absolute Gasteiger partial charge is 0.150 e. The normalized spacial score (nSPS) is 15.4. The van der Waals surface area contributed by atoms with Gasteiger partial charge in [-0.25, -0.2) is 0 Å². The van der Waals surface area contributed by atoms with Crippen molar-refractivity contribution in [1.82, 2.24) is 4.98 Å². The molecule has 1 aliphatic rings. The highest BCUT2D eigenvalue weighted by Gasteiger charge is 2.14. The molecule has 0 unspecified atom stereocenters. The quantitative estimate of drug-likeness (QED) is 0.738. The van der Waals surface area contributed by atoms with Gasteiger partial charge in [0, 0.05) is 35.9 Å². The summed E-state index contributed by atoms with van der Waals surface area (Å²) in [6.07, 6.45) is 5.21. The number of fused-ring (bicyclic) bond motifs is 1. The minimum atomic E-state index is 0.684. The van der Waals surface area contributed by atoms with E-state index in [0.29, 0.717) is 5.56 Å². The fourth-order valence-electron chi connectivity index (χ4n) is 2.46. The molecule has 0 spiro atoms. The maximum atomic E-state index is 10.8. The average molecular weight is 226 g/mol. The Hall–Kier alpha value is -1.90. The third kappa shape index (κ3) is 1.78. The van der Waals surface area contributed by atoms with E-state index in [2.05, 4.69) is 16.0 Å². The number of anilines is 1. The third-order valence-electron chi connectivity index (χ3n) is 3.33. The minimum Gasteiger partial charge on any atom is -0.371 e. The Bertz CT molecular complexity index is 559. The maximum Gasteiger partial charge on any atom is 0.150 e. The number of aromatic nitrogens is 1. The van der Waals surface area contributed by atoms with Crippen molar-refractivity contribution in [2.45, 2.75) is 12.8 Å². The molecule has 0 bridgehead atoms. The molecule has 2 heterocycles. The zero-order valence-corrected chi connectivity index (χ0v) is 9.60. The van der Waals surface area contributed by atoms with Gasteiger partial charge in [0.15, 0.2) is 0 Å². The molecule has 0 radical (unpaired) electrons. The van der Waals surface area contributed by atoms with Gasteiger partial charge in [-0.2, -0.15) is 0 Å². The van der Waals surface area contributed by atoms with Crippen LogP contribution in [0.2, 0.25) is 0 Å². The molecule has 0 saturated carbocycles. The first kappa shape index (κ1) is 10.3. The Labute approximate surface area is 100 Å². The Balaban J connectivity index is 2.15. The van der Waals surface area contributed by atoms with Crippen LogP contribution in [0.15, 0.2) is 30.5 Å². The van der Waals surface area contributed by atoms with E-state index in [9.17, 15) is 4.79 Å². The van der Waals surface area contributed by atoms with E-state index >= 15 is 0 Å². The van der Waals surface area contributed by atoms with Gasteiger partial charge in [0.2, 0.25) is 0 Å². The van der Waals surface area contributed by atoms with E-state index in [4.69, 9.17) is 0 Å². The minimum absolute atomic E-state index is 0.684. The highest BCUT2D eigenvalue weighted by Crippen LogP contribution is 2.28. The molecule has 3 nitrogen and oxygen atoms in total.